The third-order valence-electron chi connectivity index (χ3n) is 12.4. The van der Waals surface area contributed by atoms with Crippen LogP contribution in [0.15, 0.2) is 218 Å². The smallest absolute Gasteiger partial charge is 0.00141 e. The fourth-order valence-electron chi connectivity index (χ4n) is 9.87. The molecule has 0 heteroatoms. The third kappa shape index (κ3) is 4.95. The second-order valence-electron chi connectivity index (χ2n) is 15.5. The second kappa shape index (κ2) is 13.0. The summed E-state index contributed by atoms with van der Waals surface area (Å²) in [7, 11) is 0. The van der Waals surface area contributed by atoms with Crippen LogP contribution in [0, 0.1) is 0 Å². The molecule has 0 nitrogen and oxygen atoms in total. The van der Waals surface area contributed by atoms with Crippen molar-refractivity contribution in [3.05, 3.63) is 218 Å². The lowest BCUT2D eigenvalue weighted by Gasteiger charge is -2.22. The van der Waals surface area contributed by atoms with E-state index >= 15 is 0 Å². The molecule has 0 aliphatic carbocycles. The summed E-state index contributed by atoms with van der Waals surface area (Å²) < 4.78 is 0. The molecular weight excluding hydrogens is 697 g/mol. The molecule has 0 aromatic heterocycles. The molecule has 0 saturated carbocycles. The summed E-state index contributed by atoms with van der Waals surface area (Å²) in [6.07, 6.45) is 0. The fraction of sp³-hybridized carbons (Fsp3) is 0. The third-order valence-corrected chi connectivity index (χ3v) is 12.4. The van der Waals surface area contributed by atoms with Gasteiger partial charge in [-0.3, -0.25) is 0 Å². The molecule has 0 saturated heterocycles. The monoisotopic (exact) mass is 732 g/mol. The first-order valence-corrected chi connectivity index (χ1v) is 20.2. The number of fused-ring (bicyclic) bond motifs is 10. The molecule has 0 unspecified atom stereocenters. The van der Waals surface area contributed by atoms with E-state index in [0.29, 0.717) is 0 Å². The van der Waals surface area contributed by atoms with Crippen molar-refractivity contribution in [2.24, 2.45) is 0 Å². The highest BCUT2D eigenvalue weighted by atomic mass is 14.3. The predicted octanol–water partition coefficient (Wildman–Crippen LogP) is 16.4. The van der Waals surface area contributed by atoms with Gasteiger partial charge in [-0.2, -0.15) is 0 Å². The highest BCUT2D eigenvalue weighted by Crippen LogP contribution is 2.51. The van der Waals surface area contributed by atoms with E-state index in [0.717, 1.165) is 0 Å². The van der Waals surface area contributed by atoms with Gasteiger partial charge < -0.3 is 0 Å². The quantitative estimate of drug-likeness (QED) is 0.125. The molecule has 0 spiro atoms. The van der Waals surface area contributed by atoms with Crippen molar-refractivity contribution in [3.8, 4) is 44.5 Å². The second-order valence-corrected chi connectivity index (χ2v) is 15.5. The van der Waals surface area contributed by atoms with Crippen molar-refractivity contribution >= 4 is 75.4 Å². The summed E-state index contributed by atoms with van der Waals surface area (Å²) >= 11 is 0. The van der Waals surface area contributed by atoms with E-state index in [2.05, 4.69) is 218 Å². The molecule has 0 N–H and O–H groups in total. The van der Waals surface area contributed by atoms with Crippen LogP contribution >= 0.6 is 0 Å². The first-order chi connectivity index (χ1) is 28.8. The van der Waals surface area contributed by atoms with E-state index in [-0.39, 0.29) is 0 Å². The van der Waals surface area contributed by atoms with Gasteiger partial charge in [0.1, 0.15) is 0 Å². The Morgan fingerprint density at radius 2 is 0.569 bits per heavy atom. The van der Waals surface area contributed by atoms with Crippen LogP contribution in [-0.2, 0) is 0 Å². The average Bonchev–Trinajstić information content (AvgIpc) is 3.30. The summed E-state index contributed by atoms with van der Waals surface area (Å²) in [5.74, 6) is 0. The van der Waals surface area contributed by atoms with E-state index < -0.39 is 0 Å². The minimum Gasteiger partial charge on any atom is -0.0622 e. The Morgan fingerprint density at radius 1 is 0.172 bits per heavy atom. The minimum atomic E-state index is 1.22. The van der Waals surface area contributed by atoms with Crippen molar-refractivity contribution in [1.29, 1.82) is 0 Å². The maximum absolute atomic E-state index is 2.49. The molecule has 0 radical (unpaired) electrons. The normalized spacial score (nSPS) is 11.8. The molecule has 0 bridgehead atoms. The van der Waals surface area contributed by atoms with Crippen LogP contribution in [0.3, 0.4) is 0 Å². The molecule has 0 atom stereocenters. The van der Waals surface area contributed by atoms with E-state index in [1.54, 1.807) is 0 Å². The van der Waals surface area contributed by atoms with Crippen LogP contribution in [0.1, 0.15) is 0 Å². The lowest BCUT2D eigenvalue weighted by molar-refractivity contribution is 1.63. The van der Waals surface area contributed by atoms with Gasteiger partial charge in [0.2, 0.25) is 0 Å². The topological polar surface area (TPSA) is 0 Å². The molecule has 12 aromatic rings. The Hall–Kier alpha value is -7.54. The lowest BCUT2D eigenvalue weighted by Crippen LogP contribution is -1.95. The Morgan fingerprint density at radius 3 is 1.16 bits per heavy atom. The molecule has 58 heavy (non-hydrogen) atoms. The van der Waals surface area contributed by atoms with Crippen LogP contribution in [0.2, 0.25) is 0 Å². The van der Waals surface area contributed by atoms with Crippen molar-refractivity contribution in [1.82, 2.24) is 0 Å². The summed E-state index contributed by atoms with van der Waals surface area (Å²) in [6.45, 7) is 0. The lowest BCUT2D eigenvalue weighted by atomic mass is 9.80. The van der Waals surface area contributed by atoms with Gasteiger partial charge in [0.25, 0.3) is 0 Å². The van der Waals surface area contributed by atoms with Gasteiger partial charge in [0.15, 0.2) is 0 Å². The molecule has 0 heterocycles. The van der Waals surface area contributed by atoms with Crippen molar-refractivity contribution in [2.75, 3.05) is 0 Å². The molecule has 12 rings (SSSR count). The van der Waals surface area contributed by atoms with Crippen molar-refractivity contribution < 1.29 is 0 Å². The van der Waals surface area contributed by atoms with Crippen LogP contribution in [0.4, 0.5) is 0 Å². The molecule has 268 valence electrons. The van der Waals surface area contributed by atoms with Gasteiger partial charge in [-0.1, -0.05) is 206 Å². The average molecular weight is 733 g/mol. The van der Waals surface area contributed by atoms with Gasteiger partial charge in [-0.25, -0.2) is 0 Å². The Balaban J connectivity index is 1.27. The van der Waals surface area contributed by atoms with Crippen molar-refractivity contribution in [2.45, 2.75) is 0 Å². The zero-order chi connectivity index (χ0) is 38.2. The summed E-state index contributed by atoms with van der Waals surface area (Å²) in [6, 6.07) is 81.0. The Bertz CT molecular complexity index is 3600. The predicted molar refractivity (Wildman–Crippen MR) is 251 cm³/mol. The van der Waals surface area contributed by atoms with Crippen LogP contribution in [0.5, 0.6) is 0 Å². The Kier molecular flexibility index (Phi) is 7.33. The highest BCUT2D eigenvalue weighted by molar-refractivity contribution is 6.33. The van der Waals surface area contributed by atoms with Gasteiger partial charge in [-0.05, 0) is 132 Å². The van der Waals surface area contributed by atoms with Gasteiger partial charge in [0.05, 0.1) is 0 Å². The largest absolute Gasteiger partial charge is 0.0622 e. The number of hydrogen-bond acceptors (Lipinski definition) is 0. The van der Waals surface area contributed by atoms with Crippen molar-refractivity contribution in [3.63, 3.8) is 0 Å². The fourth-order valence-corrected chi connectivity index (χ4v) is 9.87. The van der Waals surface area contributed by atoms with Gasteiger partial charge in [-0.15, -0.1) is 0 Å². The van der Waals surface area contributed by atoms with E-state index in [4.69, 9.17) is 0 Å². The number of hydrogen-bond donors (Lipinski definition) is 0. The maximum Gasteiger partial charge on any atom is -0.00141 e. The minimum absolute atomic E-state index is 1.22. The first kappa shape index (κ1) is 32.7. The van der Waals surface area contributed by atoms with Crippen LogP contribution < -0.4 is 0 Å². The summed E-state index contributed by atoms with van der Waals surface area (Å²) in [5.41, 5.74) is 10.00. The molecular formula is C58H36. The first-order valence-electron chi connectivity index (χ1n) is 20.2. The summed E-state index contributed by atoms with van der Waals surface area (Å²) in [5, 5.41) is 17.7. The van der Waals surface area contributed by atoms with E-state index in [9.17, 15) is 0 Å². The highest BCUT2D eigenvalue weighted by Gasteiger charge is 2.23. The molecule has 0 fully saturated rings. The van der Waals surface area contributed by atoms with Crippen LogP contribution in [0.25, 0.3) is 120 Å². The van der Waals surface area contributed by atoms with Gasteiger partial charge in [0, 0.05) is 0 Å². The number of benzene rings is 12. The van der Waals surface area contributed by atoms with E-state index in [1.165, 1.54) is 120 Å². The van der Waals surface area contributed by atoms with Gasteiger partial charge >= 0.3 is 0 Å². The molecule has 0 amide bonds. The SMILES string of the molecule is c1ccc(-c2c(-c3ccccc3)c3ccc(-c4c5ccc6ccccc6c5c(-c5ccc6ccccc6c5)c5ccc6ccccc6c45)cc3c3ccccc23)cc1. The maximum atomic E-state index is 2.49. The molecule has 12 aromatic carbocycles. The van der Waals surface area contributed by atoms with Crippen LogP contribution in [-0.4, -0.2) is 0 Å². The Labute approximate surface area is 336 Å². The number of rotatable bonds is 4. The van der Waals surface area contributed by atoms with E-state index in [1.807, 2.05) is 0 Å². The molecule has 0 aliphatic rings. The molecule has 0 aliphatic heterocycles. The standard InChI is InChI=1S/C58H36/c1-3-18-40(19-4-1)53-48-26-14-13-25-47(48)52-36-44(31-32-49(52)54(53)41-20-5-2-6-21-41)56-51-34-30-38-16-9-11-23-45(38)57(51)55(43-28-27-37-15-7-8-22-42(37)35-43)50-33-29-39-17-10-12-24-46(39)58(50)56/h1-36H. The zero-order valence-electron chi connectivity index (χ0n) is 31.8. The zero-order valence-corrected chi connectivity index (χ0v) is 31.8. The summed E-state index contributed by atoms with van der Waals surface area (Å²) in [4.78, 5) is 0.